The molecule has 0 radical (unpaired) electrons. The first-order valence-corrected chi connectivity index (χ1v) is 6.27. The molecular weight excluding hydrogens is 243 g/mol. The number of phenols is 1. The van der Waals surface area contributed by atoms with Crippen molar-refractivity contribution in [2.24, 2.45) is 0 Å². The first-order valence-electron chi connectivity index (χ1n) is 6.27. The van der Waals surface area contributed by atoms with E-state index in [1.165, 1.54) is 23.3 Å². The van der Waals surface area contributed by atoms with Crippen LogP contribution < -0.4 is 11.1 Å². The van der Waals surface area contributed by atoms with Crippen molar-refractivity contribution >= 4 is 11.4 Å². The summed E-state index contributed by atoms with van der Waals surface area (Å²) in [5.74, 6) is -0.939. The number of anilines is 2. The van der Waals surface area contributed by atoms with E-state index in [4.69, 9.17) is 5.73 Å². The van der Waals surface area contributed by atoms with Crippen LogP contribution in [0.4, 0.5) is 15.8 Å². The third-order valence-corrected chi connectivity index (χ3v) is 3.53. The van der Waals surface area contributed by atoms with E-state index in [0.29, 0.717) is 5.69 Å². The summed E-state index contributed by atoms with van der Waals surface area (Å²) in [6, 6.07) is 10.4. The molecule has 1 aliphatic rings. The minimum Gasteiger partial charge on any atom is -0.505 e. The molecule has 98 valence electrons. The molecule has 0 aromatic heterocycles. The molecule has 2 aromatic rings. The average Bonchev–Trinajstić information content (AvgIpc) is 2.76. The van der Waals surface area contributed by atoms with Crippen LogP contribution in [0.5, 0.6) is 5.75 Å². The van der Waals surface area contributed by atoms with Crippen LogP contribution in [0.1, 0.15) is 23.6 Å². The Hall–Kier alpha value is -2.23. The smallest absolute Gasteiger partial charge is 0.166 e. The van der Waals surface area contributed by atoms with Gasteiger partial charge in [0, 0.05) is 17.4 Å². The summed E-state index contributed by atoms with van der Waals surface area (Å²) in [6.45, 7) is 0. The summed E-state index contributed by atoms with van der Waals surface area (Å²) in [5, 5.41) is 12.5. The summed E-state index contributed by atoms with van der Waals surface area (Å²) in [5.41, 5.74) is 9.67. The number of nitrogens with one attached hydrogen (secondary N) is 1. The van der Waals surface area contributed by atoms with Gasteiger partial charge in [0.15, 0.2) is 11.6 Å². The van der Waals surface area contributed by atoms with Gasteiger partial charge in [-0.05, 0) is 48.2 Å². The zero-order valence-electron chi connectivity index (χ0n) is 10.4. The molecule has 4 N–H and O–H groups in total. The van der Waals surface area contributed by atoms with Crippen LogP contribution in [-0.2, 0) is 6.42 Å². The zero-order chi connectivity index (χ0) is 13.4. The van der Waals surface area contributed by atoms with E-state index in [-0.39, 0.29) is 11.8 Å². The third-order valence-electron chi connectivity index (χ3n) is 3.53. The highest BCUT2D eigenvalue weighted by Gasteiger charge is 2.22. The molecule has 0 spiro atoms. The van der Waals surface area contributed by atoms with Crippen molar-refractivity contribution in [2.45, 2.75) is 18.9 Å². The highest BCUT2D eigenvalue weighted by Crippen LogP contribution is 2.35. The molecule has 0 fully saturated rings. The molecule has 1 atom stereocenters. The first kappa shape index (κ1) is 11.8. The van der Waals surface area contributed by atoms with E-state index in [1.807, 2.05) is 18.2 Å². The van der Waals surface area contributed by atoms with Crippen molar-refractivity contribution in [1.29, 1.82) is 0 Å². The van der Waals surface area contributed by atoms with Gasteiger partial charge in [-0.3, -0.25) is 0 Å². The predicted octanol–water partition coefficient (Wildman–Crippen LogP) is 3.21. The number of aryl methyl sites for hydroxylation is 1. The van der Waals surface area contributed by atoms with Crippen molar-refractivity contribution in [3.8, 4) is 5.75 Å². The van der Waals surface area contributed by atoms with Crippen molar-refractivity contribution in [1.82, 2.24) is 0 Å². The Morgan fingerprint density at radius 1 is 1.21 bits per heavy atom. The highest BCUT2D eigenvalue weighted by atomic mass is 19.1. The van der Waals surface area contributed by atoms with Gasteiger partial charge in [0.2, 0.25) is 0 Å². The zero-order valence-corrected chi connectivity index (χ0v) is 10.4. The molecule has 19 heavy (non-hydrogen) atoms. The van der Waals surface area contributed by atoms with Gasteiger partial charge in [-0.15, -0.1) is 0 Å². The van der Waals surface area contributed by atoms with Gasteiger partial charge in [-0.25, -0.2) is 4.39 Å². The lowest BCUT2D eigenvalue weighted by Gasteiger charge is -2.16. The number of hydrogen-bond acceptors (Lipinski definition) is 3. The predicted molar refractivity (Wildman–Crippen MR) is 73.6 cm³/mol. The molecule has 3 nitrogen and oxygen atoms in total. The van der Waals surface area contributed by atoms with E-state index < -0.39 is 5.82 Å². The highest BCUT2D eigenvalue weighted by molar-refractivity contribution is 5.53. The maximum Gasteiger partial charge on any atom is 0.166 e. The van der Waals surface area contributed by atoms with Crippen LogP contribution in [0.2, 0.25) is 0 Å². The van der Waals surface area contributed by atoms with Crippen LogP contribution in [-0.4, -0.2) is 5.11 Å². The molecular formula is C15H15FN2O. The van der Waals surface area contributed by atoms with Crippen LogP contribution in [0.25, 0.3) is 0 Å². The molecule has 0 bridgehead atoms. The Labute approximate surface area is 110 Å². The van der Waals surface area contributed by atoms with E-state index >= 15 is 0 Å². The number of hydrogen-bond donors (Lipinski definition) is 3. The molecule has 1 unspecified atom stereocenters. The summed E-state index contributed by atoms with van der Waals surface area (Å²) in [6.07, 6.45) is 1.93. The maximum absolute atomic E-state index is 13.3. The maximum atomic E-state index is 13.3. The molecule has 4 heteroatoms. The lowest BCUT2D eigenvalue weighted by Crippen LogP contribution is -2.07. The molecule has 0 heterocycles. The van der Waals surface area contributed by atoms with Crippen molar-refractivity contribution in [3.63, 3.8) is 0 Å². The number of aromatic hydroxyl groups is 1. The molecule has 1 aliphatic carbocycles. The third kappa shape index (κ3) is 2.21. The largest absolute Gasteiger partial charge is 0.505 e. The summed E-state index contributed by atoms with van der Waals surface area (Å²) in [7, 11) is 0. The van der Waals surface area contributed by atoms with Crippen LogP contribution in [0.3, 0.4) is 0 Å². The van der Waals surface area contributed by atoms with Crippen molar-refractivity contribution in [3.05, 3.63) is 53.3 Å². The van der Waals surface area contributed by atoms with Crippen molar-refractivity contribution in [2.75, 3.05) is 11.1 Å². The van der Waals surface area contributed by atoms with Crippen LogP contribution in [0, 0.1) is 5.82 Å². The number of nitrogens with two attached hydrogens (primary N) is 1. The molecule has 3 rings (SSSR count). The lowest BCUT2D eigenvalue weighted by molar-refractivity contribution is 0.432. The number of benzene rings is 2. The normalized spacial score (nSPS) is 17.2. The Morgan fingerprint density at radius 2 is 2.05 bits per heavy atom. The monoisotopic (exact) mass is 258 g/mol. The van der Waals surface area contributed by atoms with Crippen LogP contribution in [0.15, 0.2) is 36.4 Å². The topological polar surface area (TPSA) is 58.3 Å². The first-order chi connectivity index (χ1) is 9.13. The van der Waals surface area contributed by atoms with Gasteiger partial charge in [-0.1, -0.05) is 6.07 Å². The van der Waals surface area contributed by atoms with Crippen molar-refractivity contribution < 1.29 is 9.50 Å². The van der Waals surface area contributed by atoms with E-state index in [0.717, 1.165) is 18.5 Å². The summed E-state index contributed by atoms with van der Waals surface area (Å²) in [4.78, 5) is 0. The molecule has 0 aliphatic heterocycles. The second-order valence-electron chi connectivity index (χ2n) is 4.86. The summed E-state index contributed by atoms with van der Waals surface area (Å²) < 4.78 is 13.3. The Morgan fingerprint density at radius 3 is 2.84 bits per heavy atom. The Kier molecular flexibility index (Phi) is 2.78. The van der Waals surface area contributed by atoms with Gasteiger partial charge in [0.05, 0.1) is 6.04 Å². The number of phenolic OH excluding ortho intramolecular Hbond substituents is 1. The fraction of sp³-hybridized carbons (Fsp3) is 0.200. The summed E-state index contributed by atoms with van der Waals surface area (Å²) >= 11 is 0. The molecule has 0 saturated heterocycles. The average molecular weight is 258 g/mol. The quantitative estimate of drug-likeness (QED) is 0.572. The number of halogens is 1. The fourth-order valence-electron chi connectivity index (χ4n) is 2.59. The minimum atomic E-state index is -0.611. The number of fused-ring (bicyclic) bond motifs is 1. The molecule has 0 saturated carbocycles. The number of nitrogen functional groups attached to an aromatic ring is 1. The second kappa shape index (κ2) is 4.46. The van der Waals surface area contributed by atoms with E-state index in [1.54, 1.807) is 6.07 Å². The Bertz CT molecular complexity index is 628. The van der Waals surface area contributed by atoms with Gasteiger partial charge in [-0.2, -0.15) is 0 Å². The fourth-order valence-corrected chi connectivity index (χ4v) is 2.59. The molecule has 0 amide bonds. The number of rotatable bonds is 2. The standard InChI is InChI=1S/C15H15FN2O/c16-13-8-11(3-6-15(13)19)18-14-5-1-9-7-10(17)2-4-12(9)14/h2-4,6-8,14,18-19H,1,5,17H2. The van der Waals surface area contributed by atoms with E-state index in [9.17, 15) is 9.50 Å². The van der Waals surface area contributed by atoms with Crippen LogP contribution >= 0.6 is 0 Å². The second-order valence-corrected chi connectivity index (χ2v) is 4.86. The van der Waals surface area contributed by atoms with E-state index in [2.05, 4.69) is 5.32 Å². The van der Waals surface area contributed by atoms with Gasteiger partial charge in [0.1, 0.15) is 0 Å². The Balaban J connectivity index is 1.84. The SMILES string of the molecule is Nc1ccc2c(c1)CCC2Nc1ccc(O)c(F)c1. The lowest BCUT2D eigenvalue weighted by atomic mass is 10.1. The van der Waals surface area contributed by atoms with Gasteiger partial charge in [0.25, 0.3) is 0 Å². The van der Waals surface area contributed by atoms with Gasteiger partial charge >= 0.3 is 0 Å². The van der Waals surface area contributed by atoms with Gasteiger partial charge < -0.3 is 16.2 Å². The minimum absolute atomic E-state index is 0.166. The molecule has 2 aromatic carbocycles.